The molecule has 0 aliphatic heterocycles. The van der Waals surface area contributed by atoms with Gasteiger partial charge in [-0.1, -0.05) is 44.4 Å². The van der Waals surface area contributed by atoms with E-state index in [9.17, 15) is 4.39 Å². The van der Waals surface area contributed by atoms with Crippen molar-refractivity contribution in [2.45, 2.75) is 66.0 Å². The lowest BCUT2D eigenvalue weighted by atomic mass is 10.2. The van der Waals surface area contributed by atoms with Crippen LogP contribution in [0.25, 0.3) is 0 Å². The summed E-state index contributed by atoms with van der Waals surface area (Å²) < 4.78 is 26.7. The number of halogens is 3. The van der Waals surface area contributed by atoms with Crippen molar-refractivity contribution < 1.29 is 13.9 Å². The molecule has 0 bridgehead atoms. The highest BCUT2D eigenvalue weighted by Gasteiger charge is 2.15. The minimum atomic E-state index is -0.384. The summed E-state index contributed by atoms with van der Waals surface area (Å²) >= 11 is 9.74. The molecule has 1 N–H and O–H groups in total. The lowest BCUT2D eigenvalue weighted by Crippen LogP contribution is -2.29. The Hall–Kier alpha value is -1.34. The second-order valence-electron chi connectivity index (χ2n) is 8.41. The molecule has 0 aliphatic rings. The van der Waals surface area contributed by atoms with Crippen LogP contribution in [-0.2, 0) is 13.2 Å². The fourth-order valence-electron chi connectivity index (χ4n) is 3.70. The van der Waals surface area contributed by atoms with E-state index in [2.05, 4.69) is 40.0 Å². The van der Waals surface area contributed by atoms with E-state index in [1.165, 1.54) is 44.8 Å². The van der Waals surface area contributed by atoms with E-state index in [0.717, 1.165) is 36.1 Å². The molecule has 7 heteroatoms. The van der Waals surface area contributed by atoms with Crippen LogP contribution >= 0.6 is 27.5 Å². The third-order valence-corrected chi connectivity index (χ3v) is 6.55. The molecule has 2 aromatic carbocycles. The minimum Gasteiger partial charge on any atom is -0.490 e. The Morgan fingerprint density at radius 1 is 1.00 bits per heavy atom. The van der Waals surface area contributed by atoms with Crippen molar-refractivity contribution in [2.75, 3.05) is 32.8 Å². The summed E-state index contributed by atoms with van der Waals surface area (Å²) in [5.41, 5.74) is 1.43. The lowest BCUT2D eigenvalue weighted by Gasteiger charge is -2.22. The van der Waals surface area contributed by atoms with E-state index in [0.29, 0.717) is 28.7 Å². The van der Waals surface area contributed by atoms with Gasteiger partial charge in [-0.25, -0.2) is 4.39 Å². The van der Waals surface area contributed by atoms with Crippen molar-refractivity contribution in [3.8, 4) is 11.5 Å². The molecule has 34 heavy (non-hydrogen) atoms. The van der Waals surface area contributed by atoms with Crippen LogP contribution in [0.5, 0.6) is 11.5 Å². The first-order valence-electron chi connectivity index (χ1n) is 12.4. The third kappa shape index (κ3) is 9.73. The van der Waals surface area contributed by atoms with E-state index in [1.54, 1.807) is 12.1 Å². The molecule has 0 aliphatic carbocycles. The highest BCUT2D eigenvalue weighted by molar-refractivity contribution is 9.10. The molecule has 0 fully saturated rings. The van der Waals surface area contributed by atoms with Gasteiger partial charge >= 0.3 is 0 Å². The second kappa shape index (κ2) is 16.4. The summed E-state index contributed by atoms with van der Waals surface area (Å²) in [4.78, 5) is 2.59. The van der Waals surface area contributed by atoms with Gasteiger partial charge in [0.1, 0.15) is 12.4 Å². The van der Waals surface area contributed by atoms with Crippen LogP contribution in [0, 0.1) is 5.82 Å². The number of hydrogen-bond donors (Lipinski definition) is 1. The van der Waals surface area contributed by atoms with Crippen LogP contribution in [0.15, 0.2) is 34.8 Å². The van der Waals surface area contributed by atoms with Crippen LogP contribution in [0.3, 0.4) is 0 Å². The molecule has 0 saturated heterocycles. The number of hydrogen-bond acceptors (Lipinski definition) is 4. The average molecular weight is 558 g/mol. The van der Waals surface area contributed by atoms with Crippen LogP contribution in [0.2, 0.25) is 5.02 Å². The standard InChI is InChI=1S/C27H39BrClFN2O2/c1-4-7-14-32(15-8-5-2)16-10-13-31-19-21-17-23(28)27(26(18-21)33-6-3)34-20-22-24(29)11-9-12-25(22)30/h9,11-12,17-18,31H,4-8,10,13-16,19-20H2,1-3H3. The Labute approximate surface area is 218 Å². The first kappa shape index (κ1) is 28.9. The summed E-state index contributed by atoms with van der Waals surface area (Å²) in [7, 11) is 0. The zero-order chi connectivity index (χ0) is 24.8. The molecular weight excluding hydrogens is 519 g/mol. The molecule has 0 aromatic heterocycles. The first-order valence-corrected chi connectivity index (χ1v) is 13.6. The van der Waals surface area contributed by atoms with E-state index in [-0.39, 0.29) is 12.4 Å². The van der Waals surface area contributed by atoms with Crippen molar-refractivity contribution in [3.63, 3.8) is 0 Å². The van der Waals surface area contributed by atoms with Gasteiger partial charge in [0.25, 0.3) is 0 Å². The molecule has 2 aromatic rings. The Morgan fingerprint density at radius 3 is 2.35 bits per heavy atom. The maximum Gasteiger partial charge on any atom is 0.175 e. The van der Waals surface area contributed by atoms with Gasteiger partial charge in [-0.15, -0.1) is 0 Å². The van der Waals surface area contributed by atoms with Crippen molar-refractivity contribution in [1.29, 1.82) is 0 Å². The maximum absolute atomic E-state index is 14.1. The quantitative estimate of drug-likeness (QED) is 0.203. The van der Waals surface area contributed by atoms with Gasteiger partial charge < -0.3 is 19.7 Å². The number of nitrogens with one attached hydrogen (secondary N) is 1. The SMILES string of the molecule is CCCCN(CCCC)CCCNCc1cc(Br)c(OCc2c(F)cccc2Cl)c(OCC)c1. The van der Waals surface area contributed by atoms with Gasteiger partial charge in [-0.3, -0.25) is 0 Å². The maximum atomic E-state index is 14.1. The monoisotopic (exact) mass is 556 g/mol. The molecule has 0 unspecified atom stereocenters. The Bertz CT molecular complexity index is 841. The fourth-order valence-corrected chi connectivity index (χ4v) is 4.52. The molecule has 0 spiro atoms. The van der Waals surface area contributed by atoms with Crippen molar-refractivity contribution >= 4 is 27.5 Å². The molecule has 0 heterocycles. The zero-order valence-electron chi connectivity index (χ0n) is 20.8. The summed E-state index contributed by atoms with van der Waals surface area (Å²) in [5.74, 6) is 0.796. The van der Waals surface area contributed by atoms with E-state index >= 15 is 0 Å². The highest BCUT2D eigenvalue weighted by atomic mass is 79.9. The number of ether oxygens (including phenoxy) is 2. The number of nitrogens with zero attached hydrogens (tertiary/aromatic N) is 1. The molecule has 4 nitrogen and oxygen atoms in total. The van der Waals surface area contributed by atoms with Crippen molar-refractivity contribution in [1.82, 2.24) is 10.2 Å². The van der Waals surface area contributed by atoms with E-state index in [4.69, 9.17) is 21.1 Å². The number of benzene rings is 2. The number of unbranched alkanes of at least 4 members (excludes halogenated alkanes) is 2. The molecule has 0 radical (unpaired) electrons. The van der Waals surface area contributed by atoms with Crippen LogP contribution in [0.1, 0.15) is 64.0 Å². The summed E-state index contributed by atoms with van der Waals surface area (Å²) in [6, 6.07) is 8.61. The van der Waals surface area contributed by atoms with Gasteiger partial charge in [-0.2, -0.15) is 0 Å². The lowest BCUT2D eigenvalue weighted by molar-refractivity contribution is 0.260. The zero-order valence-corrected chi connectivity index (χ0v) is 23.1. The Balaban J connectivity index is 1.92. The molecule has 0 atom stereocenters. The predicted octanol–water partition coefficient (Wildman–Crippen LogP) is 7.60. The first-order chi connectivity index (χ1) is 16.5. The van der Waals surface area contributed by atoms with Gasteiger partial charge in [0.2, 0.25) is 0 Å². The van der Waals surface area contributed by atoms with Gasteiger partial charge in [0.15, 0.2) is 11.5 Å². The van der Waals surface area contributed by atoms with E-state index in [1.807, 2.05) is 19.1 Å². The Morgan fingerprint density at radius 2 is 1.71 bits per heavy atom. The molecule has 0 saturated carbocycles. The highest BCUT2D eigenvalue weighted by Crippen LogP contribution is 2.38. The van der Waals surface area contributed by atoms with Crippen LogP contribution < -0.4 is 14.8 Å². The Kier molecular flexibility index (Phi) is 13.9. The van der Waals surface area contributed by atoms with Gasteiger partial charge in [0, 0.05) is 12.1 Å². The molecular formula is C27H39BrClFN2O2. The second-order valence-corrected chi connectivity index (χ2v) is 9.67. The van der Waals surface area contributed by atoms with Gasteiger partial charge in [-0.05, 0) is 98.1 Å². The molecule has 2 rings (SSSR count). The normalized spacial score (nSPS) is 11.3. The molecule has 190 valence electrons. The third-order valence-electron chi connectivity index (χ3n) is 5.60. The number of rotatable bonds is 17. The predicted molar refractivity (Wildman–Crippen MR) is 144 cm³/mol. The molecule has 0 amide bonds. The topological polar surface area (TPSA) is 33.7 Å². The van der Waals surface area contributed by atoms with Crippen LogP contribution in [-0.4, -0.2) is 37.7 Å². The van der Waals surface area contributed by atoms with Gasteiger partial charge in [0.05, 0.1) is 16.1 Å². The average Bonchev–Trinajstić information content (AvgIpc) is 2.81. The summed E-state index contributed by atoms with van der Waals surface area (Å²) in [6.07, 6.45) is 6.14. The van der Waals surface area contributed by atoms with Crippen molar-refractivity contribution in [2.24, 2.45) is 0 Å². The largest absolute Gasteiger partial charge is 0.490 e. The van der Waals surface area contributed by atoms with Crippen LogP contribution in [0.4, 0.5) is 4.39 Å². The smallest absolute Gasteiger partial charge is 0.175 e. The minimum absolute atomic E-state index is 0.0222. The summed E-state index contributed by atoms with van der Waals surface area (Å²) in [6.45, 7) is 12.2. The fraction of sp³-hybridized carbons (Fsp3) is 0.556. The summed E-state index contributed by atoms with van der Waals surface area (Å²) in [5, 5.41) is 3.89. The van der Waals surface area contributed by atoms with Crippen molar-refractivity contribution in [3.05, 3.63) is 56.8 Å². The van der Waals surface area contributed by atoms with E-state index < -0.39 is 0 Å².